The van der Waals surface area contributed by atoms with Gasteiger partial charge in [0.1, 0.15) is 23.4 Å². The van der Waals surface area contributed by atoms with Gasteiger partial charge in [-0.25, -0.2) is 8.78 Å². The van der Waals surface area contributed by atoms with Crippen molar-refractivity contribution in [2.75, 3.05) is 13.2 Å². The highest BCUT2D eigenvalue weighted by molar-refractivity contribution is 6.30. The zero-order chi connectivity index (χ0) is 23.7. The van der Waals surface area contributed by atoms with Crippen LogP contribution < -0.4 is 5.32 Å². The average Bonchev–Trinajstić information content (AvgIpc) is 3.15. The molecule has 2 fully saturated rings. The molecular weight excluding hydrogens is 452 g/mol. The lowest BCUT2D eigenvalue weighted by atomic mass is 9.90. The second-order valence-corrected chi connectivity index (χ2v) is 9.04. The number of likely N-dealkylation sites (tertiary alicyclic amines) is 1. The van der Waals surface area contributed by atoms with Crippen molar-refractivity contribution < 1.29 is 23.1 Å². The van der Waals surface area contributed by atoms with Crippen molar-refractivity contribution in [1.29, 1.82) is 0 Å². The van der Waals surface area contributed by atoms with E-state index in [-0.39, 0.29) is 34.1 Å². The molecule has 176 valence electrons. The van der Waals surface area contributed by atoms with Crippen molar-refractivity contribution in [3.05, 3.63) is 63.9 Å². The van der Waals surface area contributed by atoms with E-state index in [2.05, 4.69) is 10.3 Å². The summed E-state index contributed by atoms with van der Waals surface area (Å²) in [6.07, 6.45) is 3.47. The van der Waals surface area contributed by atoms with Gasteiger partial charge < -0.3 is 15.0 Å². The van der Waals surface area contributed by atoms with Gasteiger partial charge in [-0.2, -0.15) is 0 Å². The first-order valence-corrected chi connectivity index (χ1v) is 11.5. The summed E-state index contributed by atoms with van der Waals surface area (Å²) in [7, 11) is 0. The average molecular weight is 478 g/mol. The van der Waals surface area contributed by atoms with E-state index in [1.165, 1.54) is 0 Å². The summed E-state index contributed by atoms with van der Waals surface area (Å²) >= 11 is 5.70. The van der Waals surface area contributed by atoms with E-state index in [1.54, 1.807) is 17.2 Å². The number of carbonyl (C=O) groups excluding carboxylic acids is 2. The molecule has 4 rings (SSSR count). The Kier molecular flexibility index (Phi) is 6.95. The molecule has 1 aromatic heterocycles. The molecule has 1 N–H and O–H groups in total. The van der Waals surface area contributed by atoms with Gasteiger partial charge in [0.25, 0.3) is 5.91 Å². The summed E-state index contributed by atoms with van der Waals surface area (Å²) in [6, 6.07) is 3.82. The third kappa shape index (κ3) is 4.73. The predicted octanol–water partition coefficient (Wildman–Crippen LogP) is 4.07. The molecule has 9 heteroatoms. The first-order valence-electron chi connectivity index (χ1n) is 11.1. The van der Waals surface area contributed by atoms with Crippen LogP contribution in [0.4, 0.5) is 8.78 Å². The van der Waals surface area contributed by atoms with E-state index in [0.717, 1.165) is 24.1 Å². The van der Waals surface area contributed by atoms with E-state index >= 15 is 0 Å². The van der Waals surface area contributed by atoms with Crippen molar-refractivity contribution in [2.45, 2.75) is 51.2 Å². The Bertz CT molecular complexity index is 1060. The van der Waals surface area contributed by atoms with Gasteiger partial charge in [-0.3, -0.25) is 14.6 Å². The first-order chi connectivity index (χ1) is 15.8. The van der Waals surface area contributed by atoms with Crippen LogP contribution in [0.25, 0.3) is 0 Å². The van der Waals surface area contributed by atoms with Crippen LogP contribution >= 0.6 is 11.6 Å². The molecule has 2 saturated heterocycles. The fourth-order valence-electron chi connectivity index (χ4n) is 4.45. The molecule has 2 aliphatic rings. The summed E-state index contributed by atoms with van der Waals surface area (Å²) in [6.45, 7) is 4.50. The number of nitrogens with zero attached hydrogens (tertiary/aromatic N) is 2. The summed E-state index contributed by atoms with van der Waals surface area (Å²) in [5.74, 6) is -2.41. The molecule has 0 unspecified atom stereocenters. The molecule has 0 spiro atoms. The SMILES string of the molecule is CCc1ccnc(C(=O)N2[C@H](C)CC[C@@H]2C(=O)N[C@@H](c2cc(F)c(Cl)cc2F)C2COC2)c1. The van der Waals surface area contributed by atoms with Gasteiger partial charge in [-0.15, -0.1) is 0 Å². The second-order valence-electron chi connectivity index (χ2n) is 8.63. The number of amides is 2. The minimum atomic E-state index is -0.799. The number of carbonyl (C=O) groups is 2. The van der Waals surface area contributed by atoms with Crippen LogP contribution in [0.5, 0.6) is 0 Å². The minimum absolute atomic E-state index is 0.0137. The molecule has 2 aromatic rings. The van der Waals surface area contributed by atoms with Gasteiger partial charge in [-0.05, 0) is 56.0 Å². The summed E-state index contributed by atoms with van der Waals surface area (Å²) in [5.41, 5.74) is 1.28. The first kappa shape index (κ1) is 23.6. The highest BCUT2D eigenvalue weighted by atomic mass is 35.5. The Morgan fingerprint density at radius 1 is 1.24 bits per heavy atom. The maximum atomic E-state index is 14.7. The number of aromatic nitrogens is 1. The number of aryl methyl sites for hydroxylation is 1. The number of halogens is 3. The normalized spacial score (nSPS) is 21.5. The van der Waals surface area contributed by atoms with E-state index in [4.69, 9.17) is 16.3 Å². The molecule has 0 radical (unpaired) electrons. The van der Waals surface area contributed by atoms with Crippen molar-refractivity contribution in [2.24, 2.45) is 5.92 Å². The molecule has 3 atom stereocenters. The van der Waals surface area contributed by atoms with Crippen LogP contribution in [0.1, 0.15) is 54.3 Å². The smallest absolute Gasteiger partial charge is 0.273 e. The van der Waals surface area contributed by atoms with Gasteiger partial charge in [0.05, 0.1) is 24.3 Å². The molecule has 2 amide bonds. The lowest BCUT2D eigenvalue weighted by Crippen LogP contribution is -2.51. The van der Waals surface area contributed by atoms with E-state index in [0.29, 0.717) is 26.1 Å². The Hall–Kier alpha value is -2.58. The van der Waals surface area contributed by atoms with Crippen LogP contribution in [0.15, 0.2) is 30.5 Å². The van der Waals surface area contributed by atoms with Crippen molar-refractivity contribution in [3.8, 4) is 0 Å². The fraction of sp³-hybridized carbons (Fsp3) is 0.458. The lowest BCUT2D eigenvalue weighted by molar-refractivity contribution is -0.128. The summed E-state index contributed by atoms with van der Waals surface area (Å²) < 4.78 is 34.0. The van der Waals surface area contributed by atoms with Gasteiger partial charge in [0, 0.05) is 23.7 Å². The molecule has 1 aromatic carbocycles. The van der Waals surface area contributed by atoms with E-state index in [1.807, 2.05) is 19.9 Å². The third-order valence-electron chi connectivity index (χ3n) is 6.47. The molecule has 2 aliphatic heterocycles. The van der Waals surface area contributed by atoms with Crippen molar-refractivity contribution in [1.82, 2.24) is 15.2 Å². The van der Waals surface area contributed by atoms with E-state index in [9.17, 15) is 18.4 Å². The van der Waals surface area contributed by atoms with E-state index < -0.39 is 29.6 Å². The molecule has 0 bridgehead atoms. The number of benzene rings is 1. The molecule has 33 heavy (non-hydrogen) atoms. The standard InChI is InChI=1S/C24H26ClF2N3O3/c1-3-14-6-7-28-20(8-14)24(32)30-13(2)4-5-21(30)23(31)29-22(15-11-33-12-15)16-9-19(27)17(25)10-18(16)26/h6-10,13,15,21-22H,3-5,11-12H2,1-2H3,(H,29,31)/t13-,21-,22-/m1/s1. The molecule has 0 saturated carbocycles. The Morgan fingerprint density at radius 3 is 2.67 bits per heavy atom. The second kappa shape index (κ2) is 9.73. The number of hydrogen-bond acceptors (Lipinski definition) is 4. The summed E-state index contributed by atoms with van der Waals surface area (Å²) in [4.78, 5) is 32.4. The highest BCUT2D eigenvalue weighted by Crippen LogP contribution is 2.33. The number of ether oxygens (including phenoxy) is 1. The Morgan fingerprint density at radius 2 is 2.00 bits per heavy atom. The quantitative estimate of drug-likeness (QED) is 0.636. The molecule has 6 nitrogen and oxygen atoms in total. The van der Waals surface area contributed by atoms with Crippen molar-refractivity contribution in [3.63, 3.8) is 0 Å². The third-order valence-corrected chi connectivity index (χ3v) is 6.75. The maximum Gasteiger partial charge on any atom is 0.273 e. The zero-order valence-corrected chi connectivity index (χ0v) is 19.2. The lowest BCUT2D eigenvalue weighted by Gasteiger charge is -2.36. The maximum absolute atomic E-state index is 14.7. The van der Waals surface area contributed by atoms with Gasteiger partial charge in [0.15, 0.2) is 0 Å². The fourth-order valence-corrected chi connectivity index (χ4v) is 4.60. The summed E-state index contributed by atoms with van der Waals surface area (Å²) in [5, 5.41) is 2.54. The number of hydrogen-bond donors (Lipinski definition) is 1. The largest absolute Gasteiger partial charge is 0.381 e. The molecule has 3 heterocycles. The number of nitrogens with one attached hydrogen (secondary N) is 1. The monoisotopic (exact) mass is 477 g/mol. The number of rotatable bonds is 6. The van der Waals surface area contributed by atoms with Crippen LogP contribution in [0.2, 0.25) is 5.02 Å². The highest BCUT2D eigenvalue weighted by Gasteiger charge is 2.42. The van der Waals surface area contributed by atoms with Crippen LogP contribution in [-0.2, 0) is 16.0 Å². The minimum Gasteiger partial charge on any atom is -0.381 e. The van der Waals surface area contributed by atoms with Gasteiger partial charge in [0.2, 0.25) is 5.91 Å². The topological polar surface area (TPSA) is 71.5 Å². The van der Waals surface area contributed by atoms with Crippen LogP contribution in [0.3, 0.4) is 0 Å². The Labute approximate surface area is 196 Å². The van der Waals surface area contributed by atoms with Crippen LogP contribution in [0, 0.1) is 17.6 Å². The van der Waals surface area contributed by atoms with Gasteiger partial charge >= 0.3 is 0 Å². The molecular formula is C24H26ClF2N3O3. The molecule has 0 aliphatic carbocycles. The predicted molar refractivity (Wildman–Crippen MR) is 119 cm³/mol. The Balaban J connectivity index is 1.58. The van der Waals surface area contributed by atoms with Crippen LogP contribution in [-0.4, -0.2) is 47.0 Å². The van der Waals surface area contributed by atoms with Crippen molar-refractivity contribution >= 4 is 23.4 Å². The zero-order valence-electron chi connectivity index (χ0n) is 18.5. The number of pyridine rings is 1. The van der Waals surface area contributed by atoms with Gasteiger partial charge in [-0.1, -0.05) is 18.5 Å².